The van der Waals surface area contributed by atoms with Crippen LogP contribution in [0.5, 0.6) is 12.0 Å². The van der Waals surface area contributed by atoms with Crippen molar-refractivity contribution < 1.29 is 14.2 Å². The molecule has 1 aliphatic carbocycles. The molecule has 130 valence electrons. The molecule has 7 heteroatoms. The van der Waals surface area contributed by atoms with E-state index in [2.05, 4.69) is 15.0 Å². The maximum absolute atomic E-state index is 6.00. The Bertz CT molecular complexity index is 690. The summed E-state index contributed by atoms with van der Waals surface area (Å²) in [5.74, 6) is 0. The number of hydrogen-bond donors (Lipinski definition) is 0. The lowest BCUT2D eigenvalue weighted by molar-refractivity contribution is -0.0334. The standard InChI is InChI=1S/C17H24N4O3/c1-22-17-19-13-11-18-16(24-12-7-3-2-4-8-12)20-15(13)21(17)14-9-5-6-10-23-14/h11-12,14H,2-10H2,1H3. The van der Waals surface area contributed by atoms with Crippen LogP contribution in [0.4, 0.5) is 0 Å². The summed E-state index contributed by atoms with van der Waals surface area (Å²) in [4.78, 5) is 13.4. The Morgan fingerprint density at radius 2 is 1.92 bits per heavy atom. The van der Waals surface area contributed by atoms with Crippen LogP contribution in [0.1, 0.15) is 57.6 Å². The Labute approximate surface area is 141 Å². The van der Waals surface area contributed by atoms with Gasteiger partial charge in [-0.05, 0) is 44.9 Å². The fraction of sp³-hybridized carbons (Fsp3) is 0.706. The van der Waals surface area contributed by atoms with Crippen LogP contribution in [0.15, 0.2) is 6.20 Å². The predicted molar refractivity (Wildman–Crippen MR) is 88.2 cm³/mol. The van der Waals surface area contributed by atoms with Gasteiger partial charge in [-0.3, -0.25) is 4.57 Å². The summed E-state index contributed by atoms with van der Waals surface area (Å²) in [5, 5.41) is 0. The Hall–Kier alpha value is -1.89. The maximum atomic E-state index is 6.00. The summed E-state index contributed by atoms with van der Waals surface area (Å²) in [6, 6.07) is 0.940. The number of hydrogen-bond acceptors (Lipinski definition) is 6. The highest BCUT2D eigenvalue weighted by molar-refractivity contribution is 5.71. The van der Waals surface area contributed by atoms with Crippen molar-refractivity contribution in [2.45, 2.75) is 63.7 Å². The molecule has 2 aliphatic rings. The van der Waals surface area contributed by atoms with Crippen molar-refractivity contribution in [2.75, 3.05) is 13.7 Å². The van der Waals surface area contributed by atoms with Crippen LogP contribution < -0.4 is 9.47 Å². The predicted octanol–water partition coefficient (Wildman–Crippen LogP) is 3.25. The molecule has 1 aliphatic heterocycles. The number of nitrogens with zero attached hydrogens (tertiary/aromatic N) is 4. The van der Waals surface area contributed by atoms with E-state index >= 15 is 0 Å². The summed E-state index contributed by atoms with van der Waals surface area (Å²) in [6.07, 6.45) is 10.9. The Morgan fingerprint density at radius 3 is 2.67 bits per heavy atom. The normalized spacial score (nSPS) is 22.6. The van der Waals surface area contributed by atoms with E-state index in [9.17, 15) is 0 Å². The Kier molecular flexibility index (Phi) is 4.51. The maximum Gasteiger partial charge on any atom is 0.318 e. The molecule has 1 saturated heterocycles. The smallest absolute Gasteiger partial charge is 0.318 e. The van der Waals surface area contributed by atoms with Crippen LogP contribution in [0.25, 0.3) is 11.2 Å². The molecule has 0 aromatic carbocycles. The van der Waals surface area contributed by atoms with Crippen LogP contribution in [-0.2, 0) is 4.74 Å². The Balaban J connectivity index is 1.66. The zero-order valence-corrected chi connectivity index (χ0v) is 14.1. The van der Waals surface area contributed by atoms with Crippen LogP contribution in [0.3, 0.4) is 0 Å². The number of ether oxygens (including phenoxy) is 3. The second-order valence-corrected chi connectivity index (χ2v) is 6.53. The van der Waals surface area contributed by atoms with Gasteiger partial charge >= 0.3 is 12.0 Å². The van der Waals surface area contributed by atoms with Gasteiger partial charge in [-0.25, -0.2) is 4.98 Å². The van der Waals surface area contributed by atoms with Gasteiger partial charge in [0.05, 0.1) is 13.3 Å². The lowest BCUT2D eigenvalue weighted by Gasteiger charge is -2.25. The van der Waals surface area contributed by atoms with Crippen molar-refractivity contribution in [1.82, 2.24) is 19.5 Å². The van der Waals surface area contributed by atoms with Gasteiger partial charge in [0.25, 0.3) is 0 Å². The number of methoxy groups -OCH3 is 1. The number of imidazole rings is 1. The van der Waals surface area contributed by atoms with Crippen molar-refractivity contribution in [3.8, 4) is 12.0 Å². The highest BCUT2D eigenvalue weighted by Crippen LogP contribution is 2.31. The average molecular weight is 332 g/mol. The second-order valence-electron chi connectivity index (χ2n) is 6.53. The van der Waals surface area contributed by atoms with Crippen molar-refractivity contribution in [2.24, 2.45) is 0 Å². The SMILES string of the molecule is COc1nc2cnc(OC3CCCCC3)nc2n1C1CCCCO1. The molecule has 4 rings (SSSR count). The first-order valence-corrected chi connectivity index (χ1v) is 8.92. The number of aromatic nitrogens is 4. The highest BCUT2D eigenvalue weighted by Gasteiger charge is 2.25. The van der Waals surface area contributed by atoms with Crippen LogP contribution in [0, 0.1) is 0 Å². The first-order valence-electron chi connectivity index (χ1n) is 8.92. The molecule has 2 fully saturated rings. The molecule has 0 spiro atoms. The van der Waals surface area contributed by atoms with E-state index < -0.39 is 0 Å². The molecule has 3 heterocycles. The quantitative estimate of drug-likeness (QED) is 0.856. The molecule has 1 saturated carbocycles. The van der Waals surface area contributed by atoms with Gasteiger partial charge in [0, 0.05) is 6.61 Å². The fourth-order valence-electron chi connectivity index (χ4n) is 3.57. The molecule has 0 N–H and O–H groups in total. The lowest BCUT2D eigenvalue weighted by atomic mass is 9.98. The second kappa shape index (κ2) is 6.93. The van der Waals surface area contributed by atoms with E-state index in [-0.39, 0.29) is 12.3 Å². The average Bonchev–Trinajstić information content (AvgIpc) is 3.01. The monoisotopic (exact) mass is 332 g/mol. The van der Waals surface area contributed by atoms with Crippen molar-refractivity contribution in [3.63, 3.8) is 0 Å². The summed E-state index contributed by atoms with van der Waals surface area (Å²) >= 11 is 0. The van der Waals surface area contributed by atoms with E-state index in [0.29, 0.717) is 17.5 Å². The van der Waals surface area contributed by atoms with E-state index in [1.807, 2.05) is 4.57 Å². The zero-order valence-electron chi connectivity index (χ0n) is 14.1. The van der Waals surface area contributed by atoms with Crippen molar-refractivity contribution in [3.05, 3.63) is 6.20 Å². The molecule has 1 atom stereocenters. The summed E-state index contributed by atoms with van der Waals surface area (Å²) in [5.41, 5.74) is 1.43. The largest absolute Gasteiger partial charge is 0.468 e. The molecule has 24 heavy (non-hydrogen) atoms. The first-order chi connectivity index (χ1) is 11.8. The van der Waals surface area contributed by atoms with Gasteiger partial charge in [0.1, 0.15) is 17.8 Å². The lowest BCUT2D eigenvalue weighted by Crippen LogP contribution is -2.21. The molecule has 2 aromatic heterocycles. The van der Waals surface area contributed by atoms with Gasteiger partial charge in [0.2, 0.25) is 0 Å². The highest BCUT2D eigenvalue weighted by atomic mass is 16.5. The van der Waals surface area contributed by atoms with Gasteiger partial charge in [-0.2, -0.15) is 9.97 Å². The molecule has 0 amide bonds. The van der Waals surface area contributed by atoms with Crippen molar-refractivity contribution in [1.29, 1.82) is 0 Å². The minimum atomic E-state index is -0.0869. The summed E-state index contributed by atoms with van der Waals surface area (Å²) in [6.45, 7) is 0.754. The molecule has 1 unspecified atom stereocenters. The number of rotatable bonds is 4. The van der Waals surface area contributed by atoms with Crippen LogP contribution in [-0.4, -0.2) is 39.3 Å². The fourth-order valence-corrected chi connectivity index (χ4v) is 3.57. The van der Waals surface area contributed by atoms with Gasteiger partial charge in [-0.15, -0.1) is 0 Å². The minimum absolute atomic E-state index is 0.0869. The van der Waals surface area contributed by atoms with Crippen molar-refractivity contribution >= 4 is 11.2 Å². The van der Waals surface area contributed by atoms with E-state index in [1.165, 1.54) is 19.3 Å². The van der Waals surface area contributed by atoms with E-state index in [1.54, 1.807) is 13.3 Å². The molecular weight excluding hydrogens is 308 g/mol. The van der Waals surface area contributed by atoms with Gasteiger partial charge in [0.15, 0.2) is 5.65 Å². The van der Waals surface area contributed by atoms with Crippen LogP contribution >= 0.6 is 0 Å². The minimum Gasteiger partial charge on any atom is -0.468 e. The summed E-state index contributed by atoms with van der Waals surface area (Å²) < 4.78 is 19.3. The van der Waals surface area contributed by atoms with Gasteiger partial charge in [-0.1, -0.05) is 6.42 Å². The third-order valence-corrected chi connectivity index (χ3v) is 4.83. The Morgan fingerprint density at radius 1 is 1.08 bits per heavy atom. The molecular formula is C17H24N4O3. The molecule has 2 aromatic rings. The topological polar surface area (TPSA) is 71.3 Å². The molecule has 0 radical (unpaired) electrons. The van der Waals surface area contributed by atoms with E-state index in [4.69, 9.17) is 14.2 Å². The molecule has 0 bridgehead atoms. The third kappa shape index (κ3) is 3.05. The third-order valence-electron chi connectivity index (χ3n) is 4.83. The summed E-state index contributed by atoms with van der Waals surface area (Å²) in [7, 11) is 1.62. The molecule has 7 nitrogen and oxygen atoms in total. The van der Waals surface area contributed by atoms with Gasteiger partial charge < -0.3 is 14.2 Å². The van der Waals surface area contributed by atoms with Crippen LogP contribution in [0.2, 0.25) is 0 Å². The number of fused-ring (bicyclic) bond motifs is 1. The zero-order chi connectivity index (χ0) is 16.4. The van der Waals surface area contributed by atoms with E-state index in [0.717, 1.165) is 44.4 Å². The first kappa shape index (κ1) is 15.6.